The first-order chi connectivity index (χ1) is 11.9. The highest BCUT2D eigenvalue weighted by atomic mass is 35.5. The minimum atomic E-state index is -0.551. The van der Waals surface area contributed by atoms with Crippen LogP contribution in [0.15, 0.2) is 42.5 Å². The summed E-state index contributed by atoms with van der Waals surface area (Å²) >= 11 is 5.98. The third-order valence-corrected chi connectivity index (χ3v) is 4.57. The van der Waals surface area contributed by atoms with Crippen LogP contribution in [0.2, 0.25) is 5.02 Å². The predicted octanol–water partition coefficient (Wildman–Crippen LogP) is 3.20. The molecule has 1 heterocycles. The number of carbonyl (C=O) groups is 1. The van der Waals surface area contributed by atoms with E-state index >= 15 is 0 Å². The number of ether oxygens (including phenoxy) is 1. The van der Waals surface area contributed by atoms with Crippen molar-refractivity contribution in [3.63, 3.8) is 0 Å². The summed E-state index contributed by atoms with van der Waals surface area (Å²) in [6.07, 6.45) is -0.0465. The van der Waals surface area contributed by atoms with E-state index in [1.165, 1.54) is 12.1 Å². The summed E-state index contributed by atoms with van der Waals surface area (Å²) in [6, 6.07) is 11.6. The normalized spacial score (nSPS) is 17.1. The van der Waals surface area contributed by atoms with Gasteiger partial charge >= 0.3 is 0 Å². The van der Waals surface area contributed by atoms with Gasteiger partial charge in [0.15, 0.2) is 6.10 Å². The topological polar surface area (TPSA) is 41.6 Å². The second-order valence-corrected chi connectivity index (χ2v) is 6.78. The van der Waals surface area contributed by atoms with Gasteiger partial charge in [-0.15, -0.1) is 0 Å². The third-order valence-electron chi connectivity index (χ3n) is 4.34. The van der Waals surface area contributed by atoms with Gasteiger partial charge in [-0.1, -0.05) is 23.7 Å². The summed E-state index contributed by atoms with van der Waals surface area (Å²) in [5.74, 6) is 0.259. The van der Waals surface area contributed by atoms with Crippen molar-refractivity contribution >= 4 is 17.5 Å². The molecule has 1 amide bonds. The smallest absolute Gasteiger partial charge is 0.261 e. The monoisotopic (exact) mass is 362 g/mol. The van der Waals surface area contributed by atoms with Crippen LogP contribution in [0, 0.1) is 5.82 Å². The molecule has 0 unspecified atom stereocenters. The first-order valence-electron chi connectivity index (χ1n) is 8.08. The molecule has 1 N–H and O–H groups in total. The Bertz CT molecular complexity index is 765. The van der Waals surface area contributed by atoms with E-state index in [-0.39, 0.29) is 17.8 Å². The summed E-state index contributed by atoms with van der Waals surface area (Å²) in [6.45, 7) is 0.411. The number of nitrogens with one attached hydrogen (secondary N) is 1. The van der Waals surface area contributed by atoms with Crippen molar-refractivity contribution < 1.29 is 13.9 Å². The summed E-state index contributed by atoms with van der Waals surface area (Å²) in [5, 5.41) is 3.57. The molecular formula is C19H20ClFN2O2. The van der Waals surface area contributed by atoms with Crippen LogP contribution in [0.5, 0.6) is 5.75 Å². The molecule has 0 aliphatic carbocycles. The largest absolute Gasteiger partial charge is 0.480 e. The number of nitrogens with zero attached hydrogens (tertiary/aromatic N) is 1. The summed E-state index contributed by atoms with van der Waals surface area (Å²) < 4.78 is 18.8. The van der Waals surface area contributed by atoms with E-state index in [1.54, 1.807) is 24.3 Å². The van der Waals surface area contributed by atoms with Crippen molar-refractivity contribution in [3.05, 3.63) is 64.4 Å². The molecule has 0 radical (unpaired) electrons. The molecule has 2 aromatic rings. The second kappa shape index (κ2) is 7.42. The number of amides is 1. The van der Waals surface area contributed by atoms with Crippen molar-refractivity contribution in [2.75, 3.05) is 20.6 Å². The van der Waals surface area contributed by atoms with Crippen molar-refractivity contribution in [1.29, 1.82) is 0 Å². The molecule has 0 aromatic heterocycles. The first-order valence-corrected chi connectivity index (χ1v) is 8.46. The molecule has 2 atom stereocenters. The Morgan fingerprint density at radius 2 is 2.04 bits per heavy atom. The molecule has 0 saturated carbocycles. The quantitative estimate of drug-likeness (QED) is 0.888. The number of rotatable bonds is 5. The minimum Gasteiger partial charge on any atom is -0.480 e. The molecule has 3 rings (SSSR count). The van der Waals surface area contributed by atoms with Gasteiger partial charge in [-0.3, -0.25) is 4.79 Å². The van der Waals surface area contributed by atoms with Crippen LogP contribution in [-0.2, 0) is 11.2 Å². The lowest BCUT2D eigenvalue weighted by molar-refractivity contribution is -0.127. The average molecular weight is 363 g/mol. The summed E-state index contributed by atoms with van der Waals surface area (Å²) in [7, 11) is 3.84. The van der Waals surface area contributed by atoms with E-state index in [1.807, 2.05) is 25.1 Å². The number of hydrogen-bond acceptors (Lipinski definition) is 3. The van der Waals surface area contributed by atoms with Gasteiger partial charge in [0, 0.05) is 18.0 Å². The van der Waals surface area contributed by atoms with Gasteiger partial charge in [-0.2, -0.15) is 0 Å². The number of likely N-dealkylation sites (N-methyl/N-ethyl adjacent to an activating group) is 1. The molecule has 4 nitrogen and oxygen atoms in total. The van der Waals surface area contributed by atoms with E-state index in [0.717, 1.165) is 11.1 Å². The predicted molar refractivity (Wildman–Crippen MR) is 95.4 cm³/mol. The molecule has 0 bridgehead atoms. The van der Waals surface area contributed by atoms with Crippen LogP contribution in [0.4, 0.5) is 4.39 Å². The number of halogens is 2. The Morgan fingerprint density at radius 3 is 2.72 bits per heavy atom. The van der Waals surface area contributed by atoms with E-state index in [9.17, 15) is 9.18 Å². The van der Waals surface area contributed by atoms with E-state index in [2.05, 4.69) is 5.32 Å². The Balaban J connectivity index is 1.62. The van der Waals surface area contributed by atoms with E-state index < -0.39 is 6.10 Å². The number of benzene rings is 2. The molecule has 1 aliphatic rings. The maximum absolute atomic E-state index is 13.1. The fourth-order valence-electron chi connectivity index (χ4n) is 2.96. The Labute approximate surface area is 151 Å². The minimum absolute atomic E-state index is 0.0530. The van der Waals surface area contributed by atoms with Gasteiger partial charge in [-0.25, -0.2) is 4.39 Å². The lowest BCUT2D eigenvalue weighted by Crippen LogP contribution is -2.41. The van der Waals surface area contributed by atoms with Gasteiger partial charge < -0.3 is 15.0 Å². The van der Waals surface area contributed by atoms with Crippen LogP contribution in [0.3, 0.4) is 0 Å². The SMILES string of the molecule is CN(C)[C@H](CNC(=O)[C@@H]1Cc2cc(Cl)ccc2O1)c1ccc(F)cc1. The van der Waals surface area contributed by atoms with E-state index in [4.69, 9.17) is 16.3 Å². The molecule has 0 fully saturated rings. The van der Waals surface area contributed by atoms with Gasteiger partial charge in [0.25, 0.3) is 5.91 Å². The van der Waals surface area contributed by atoms with Crippen LogP contribution in [0.25, 0.3) is 0 Å². The van der Waals surface area contributed by atoms with Crippen LogP contribution in [-0.4, -0.2) is 37.6 Å². The summed E-state index contributed by atoms with van der Waals surface area (Å²) in [4.78, 5) is 14.4. The second-order valence-electron chi connectivity index (χ2n) is 6.34. The fourth-order valence-corrected chi connectivity index (χ4v) is 3.15. The van der Waals surface area contributed by atoms with Crippen molar-refractivity contribution in [2.24, 2.45) is 0 Å². The van der Waals surface area contributed by atoms with Crippen LogP contribution in [0.1, 0.15) is 17.2 Å². The van der Waals surface area contributed by atoms with Crippen LogP contribution < -0.4 is 10.1 Å². The summed E-state index contributed by atoms with van der Waals surface area (Å²) in [5.41, 5.74) is 1.88. The highest BCUT2D eigenvalue weighted by Crippen LogP contribution is 2.31. The van der Waals surface area contributed by atoms with Crippen molar-refractivity contribution in [2.45, 2.75) is 18.6 Å². The Kier molecular flexibility index (Phi) is 5.25. The van der Waals surface area contributed by atoms with Gasteiger partial charge in [-0.05, 0) is 55.6 Å². The number of carbonyl (C=O) groups excluding carboxylic acids is 1. The highest BCUT2D eigenvalue weighted by molar-refractivity contribution is 6.30. The van der Waals surface area contributed by atoms with Gasteiger partial charge in [0.05, 0.1) is 6.04 Å². The first kappa shape index (κ1) is 17.7. The molecule has 132 valence electrons. The zero-order valence-electron chi connectivity index (χ0n) is 14.1. The fraction of sp³-hybridized carbons (Fsp3) is 0.316. The van der Waals surface area contributed by atoms with Crippen molar-refractivity contribution in [1.82, 2.24) is 10.2 Å². The molecule has 25 heavy (non-hydrogen) atoms. The average Bonchev–Trinajstić information content (AvgIpc) is 2.99. The number of fused-ring (bicyclic) bond motifs is 1. The van der Waals surface area contributed by atoms with E-state index in [0.29, 0.717) is 23.7 Å². The molecule has 6 heteroatoms. The Morgan fingerprint density at radius 1 is 1.32 bits per heavy atom. The molecule has 1 aliphatic heterocycles. The molecular weight excluding hydrogens is 343 g/mol. The van der Waals surface area contributed by atoms with Crippen LogP contribution >= 0.6 is 11.6 Å². The molecule has 2 aromatic carbocycles. The maximum atomic E-state index is 13.1. The van der Waals surface area contributed by atoms with Crippen molar-refractivity contribution in [3.8, 4) is 5.75 Å². The number of hydrogen-bond donors (Lipinski definition) is 1. The molecule has 0 saturated heterocycles. The third kappa shape index (κ3) is 4.11. The van der Waals surface area contributed by atoms with Gasteiger partial charge in [0.2, 0.25) is 0 Å². The zero-order chi connectivity index (χ0) is 18.0. The highest BCUT2D eigenvalue weighted by Gasteiger charge is 2.29. The Hall–Kier alpha value is -2.11. The molecule has 0 spiro atoms. The lowest BCUT2D eigenvalue weighted by Gasteiger charge is -2.25. The lowest BCUT2D eigenvalue weighted by atomic mass is 10.1. The maximum Gasteiger partial charge on any atom is 0.261 e. The zero-order valence-corrected chi connectivity index (χ0v) is 14.9. The standard InChI is InChI=1S/C19H20ClFN2O2/c1-23(2)16(12-3-6-15(21)7-4-12)11-22-19(24)18-10-13-9-14(20)5-8-17(13)25-18/h3-9,16,18H,10-11H2,1-2H3,(H,22,24)/t16-,18+/m1/s1. The van der Waals surface area contributed by atoms with Gasteiger partial charge in [0.1, 0.15) is 11.6 Å².